The maximum Gasteiger partial charge on any atom is 0.241 e. The second-order valence-electron chi connectivity index (χ2n) is 6.47. The fourth-order valence-electron chi connectivity index (χ4n) is 4.04. The van der Waals surface area contributed by atoms with Gasteiger partial charge in [0.1, 0.15) is 5.75 Å². The summed E-state index contributed by atoms with van der Waals surface area (Å²) in [6, 6.07) is 7.01. The molecule has 0 spiro atoms. The topological polar surface area (TPSA) is 55.8 Å². The van der Waals surface area contributed by atoms with Gasteiger partial charge < -0.3 is 9.47 Å². The van der Waals surface area contributed by atoms with Crippen molar-refractivity contribution in [2.75, 3.05) is 12.0 Å². The number of rotatable bonds is 2. The van der Waals surface area contributed by atoms with E-state index in [1.54, 1.807) is 31.4 Å². The van der Waals surface area contributed by atoms with E-state index in [-0.39, 0.29) is 11.8 Å². The van der Waals surface area contributed by atoms with Crippen LogP contribution in [0, 0.1) is 11.8 Å². The van der Waals surface area contributed by atoms with E-state index in [2.05, 4.69) is 0 Å². The quantitative estimate of drug-likeness (QED) is 0.618. The highest BCUT2D eigenvalue weighted by molar-refractivity contribution is 6.23. The molecule has 114 valence electrons. The van der Waals surface area contributed by atoms with Crippen LogP contribution in [0.25, 0.3) is 0 Å². The molecule has 5 nitrogen and oxygen atoms in total. The summed E-state index contributed by atoms with van der Waals surface area (Å²) in [4.78, 5) is 27.1. The molecule has 0 radical (unpaired) electrons. The van der Waals surface area contributed by atoms with Gasteiger partial charge in [-0.1, -0.05) is 18.2 Å². The summed E-state index contributed by atoms with van der Waals surface area (Å²) >= 11 is 0. The summed E-state index contributed by atoms with van der Waals surface area (Å²) in [7, 11) is 1.56. The van der Waals surface area contributed by atoms with Gasteiger partial charge in [0.15, 0.2) is 0 Å². The number of carbonyl (C=O) groups excluding carboxylic acids is 2. The number of benzene rings is 1. The van der Waals surface area contributed by atoms with Crippen molar-refractivity contribution >= 4 is 17.5 Å². The fraction of sp³-hybridized carbons (Fsp3) is 0.412. The molecule has 4 atom stereocenters. The monoisotopic (exact) mass is 299 g/mol. The number of carbonyl (C=O) groups is 2. The van der Waals surface area contributed by atoms with E-state index in [1.807, 2.05) is 26.0 Å². The molecule has 3 heterocycles. The molecule has 2 bridgehead atoms. The van der Waals surface area contributed by atoms with Gasteiger partial charge >= 0.3 is 0 Å². The van der Waals surface area contributed by atoms with Crippen molar-refractivity contribution in [1.82, 2.24) is 0 Å². The highest BCUT2D eigenvalue weighted by Gasteiger charge is 2.70. The minimum absolute atomic E-state index is 0.196. The summed E-state index contributed by atoms with van der Waals surface area (Å²) < 4.78 is 11.2. The first-order chi connectivity index (χ1) is 10.4. The number of nitrogens with zero attached hydrogens (tertiary/aromatic N) is 1. The Hall–Kier alpha value is -2.14. The van der Waals surface area contributed by atoms with Crippen LogP contribution in [0.1, 0.15) is 13.8 Å². The van der Waals surface area contributed by atoms with Crippen molar-refractivity contribution in [2.24, 2.45) is 11.8 Å². The lowest BCUT2D eigenvalue weighted by molar-refractivity contribution is -0.128. The Labute approximate surface area is 128 Å². The van der Waals surface area contributed by atoms with Crippen molar-refractivity contribution in [3.8, 4) is 5.75 Å². The maximum atomic E-state index is 12.9. The molecule has 3 aliphatic rings. The largest absolute Gasteiger partial charge is 0.497 e. The van der Waals surface area contributed by atoms with Crippen molar-refractivity contribution < 1.29 is 19.1 Å². The lowest BCUT2D eigenvalue weighted by Gasteiger charge is -2.25. The molecule has 0 N–H and O–H groups in total. The second-order valence-corrected chi connectivity index (χ2v) is 6.47. The van der Waals surface area contributed by atoms with Crippen LogP contribution in [-0.4, -0.2) is 30.1 Å². The van der Waals surface area contributed by atoms with E-state index < -0.39 is 23.0 Å². The van der Waals surface area contributed by atoms with Crippen molar-refractivity contribution in [3.63, 3.8) is 0 Å². The van der Waals surface area contributed by atoms with Crippen LogP contribution in [0.3, 0.4) is 0 Å². The zero-order valence-corrected chi connectivity index (χ0v) is 12.7. The first-order valence-corrected chi connectivity index (χ1v) is 7.32. The molecular weight excluding hydrogens is 282 g/mol. The van der Waals surface area contributed by atoms with Crippen LogP contribution in [-0.2, 0) is 14.3 Å². The van der Waals surface area contributed by atoms with Gasteiger partial charge in [-0.3, -0.25) is 9.59 Å². The van der Waals surface area contributed by atoms with Gasteiger partial charge in [0.05, 0.1) is 35.8 Å². The highest BCUT2D eigenvalue weighted by atomic mass is 16.5. The van der Waals surface area contributed by atoms with Gasteiger partial charge in [-0.2, -0.15) is 0 Å². The summed E-state index contributed by atoms with van der Waals surface area (Å²) in [6.07, 6.45) is 3.82. The Morgan fingerprint density at radius 3 is 2.23 bits per heavy atom. The zero-order valence-electron chi connectivity index (χ0n) is 12.7. The van der Waals surface area contributed by atoms with E-state index >= 15 is 0 Å². The van der Waals surface area contributed by atoms with Crippen LogP contribution < -0.4 is 9.64 Å². The third-order valence-corrected chi connectivity index (χ3v) is 5.04. The normalized spacial score (nSPS) is 38.8. The van der Waals surface area contributed by atoms with Crippen LogP contribution in [0.2, 0.25) is 0 Å². The maximum absolute atomic E-state index is 12.9. The Balaban J connectivity index is 1.79. The Morgan fingerprint density at radius 1 is 1.09 bits per heavy atom. The number of anilines is 1. The molecule has 0 unspecified atom stereocenters. The highest BCUT2D eigenvalue weighted by Crippen LogP contribution is 2.57. The van der Waals surface area contributed by atoms with Gasteiger partial charge in [0, 0.05) is 6.07 Å². The van der Waals surface area contributed by atoms with Crippen LogP contribution >= 0.6 is 0 Å². The standard InChI is InChI=1S/C17H17NO4/c1-16-7-8-17(2,22-16)13-12(16)14(19)18(15(13)20)10-5-4-6-11(9-10)21-3/h4-9,12-13H,1-3H3/t12-,13+,16+,17-. The van der Waals surface area contributed by atoms with Gasteiger partial charge in [-0.25, -0.2) is 4.90 Å². The minimum atomic E-state index is -0.695. The van der Waals surface area contributed by atoms with E-state index in [4.69, 9.17) is 9.47 Å². The third kappa shape index (κ3) is 1.47. The Bertz CT molecular complexity index is 691. The van der Waals surface area contributed by atoms with Crippen LogP contribution in [0.5, 0.6) is 5.75 Å². The molecule has 0 saturated carbocycles. The fourth-order valence-corrected chi connectivity index (χ4v) is 4.04. The molecular formula is C17H17NO4. The van der Waals surface area contributed by atoms with Crippen molar-refractivity contribution in [1.29, 1.82) is 0 Å². The number of hydrogen-bond acceptors (Lipinski definition) is 4. The minimum Gasteiger partial charge on any atom is -0.497 e. The lowest BCUT2D eigenvalue weighted by Crippen LogP contribution is -2.39. The third-order valence-electron chi connectivity index (χ3n) is 5.04. The number of methoxy groups -OCH3 is 1. The van der Waals surface area contributed by atoms with Gasteiger partial charge in [-0.05, 0) is 26.0 Å². The van der Waals surface area contributed by atoms with Crippen LogP contribution in [0.4, 0.5) is 5.69 Å². The average molecular weight is 299 g/mol. The van der Waals surface area contributed by atoms with Gasteiger partial charge in [0.2, 0.25) is 11.8 Å². The second kappa shape index (κ2) is 3.98. The molecule has 2 fully saturated rings. The van der Waals surface area contributed by atoms with E-state index in [0.29, 0.717) is 11.4 Å². The van der Waals surface area contributed by atoms with Crippen LogP contribution in [0.15, 0.2) is 36.4 Å². The predicted molar refractivity (Wildman–Crippen MR) is 79.5 cm³/mol. The summed E-state index contributed by atoms with van der Waals surface area (Å²) in [5.74, 6) is -0.690. The van der Waals surface area contributed by atoms with Crippen molar-refractivity contribution in [2.45, 2.75) is 25.0 Å². The molecule has 2 amide bonds. The van der Waals surface area contributed by atoms with Gasteiger partial charge in [-0.15, -0.1) is 0 Å². The molecule has 2 saturated heterocycles. The number of imide groups is 1. The van der Waals surface area contributed by atoms with Gasteiger partial charge in [0.25, 0.3) is 0 Å². The number of amides is 2. The summed E-state index contributed by atoms with van der Waals surface area (Å²) in [5, 5.41) is 0. The van der Waals surface area contributed by atoms with Crippen molar-refractivity contribution in [3.05, 3.63) is 36.4 Å². The molecule has 1 aromatic carbocycles. The summed E-state index contributed by atoms with van der Waals surface area (Å²) in [5.41, 5.74) is -0.838. The average Bonchev–Trinajstić information content (AvgIpc) is 3.04. The molecule has 4 rings (SSSR count). The van der Waals surface area contributed by atoms with E-state index in [9.17, 15) is 9.59 Å². The number of hydrogen-bond donors (Lipinski definition) is 0. The zero-order chi connectivity index (χ0) is 15.7. The molecule has 1 aromatic rings. The van der Waals surface area contributed by atoms with E-state index in [0.717, 1.165) is 0 Å². The summed E-state index contributed by atoms with van der Waals surface area (Å²) in [6.45, 7) is 3.75. The van der Waals surface area contributed by atoms with E-state index in [1.165, 1.54) is 4.90 Å². The first-order valence-electron chi connectivity index (χ1n) is 7.32. The molecule has 0 aromatic heterocycles. The molecule has 0 aliphatic carbocycles. The SMILES string of the molecule is COc1cccc(N2C(=O)[C@@H]3[C@H](C2=O)[C@]2(C)C=C[C@@]3(C)O2)c1. The Morgan fingerprint density at radius 2 is 1.68 bits per heavy atom. The number of ether oxygens (including phenoxy) is 2. The Kier molecular flexibility index (Phi) is 2.45. The lowest BCUT2D eigenvalue weighted by atomic mass is 9.73. The molecule has 22 heavy (non-hydrogen) atoms. The first kappa shape index (κ1) is 13.5. The molecule has 5 heteroatoms. The smallest absolute Gasteiger partial charge is 0.241 e. The molecule has 3 aliphatic heterocycles. The number of fused-ring (bicyclic) bond motifs is 5. The predicted octanol–water partition coefficient (Wildman–Crippen LogP) is 1.92.